The Balaban J connectivity index is 1.18. The first-order valence-corrected chi connectivity index (χ1v) is 14.3. The van der Waals surface area contributed by atoms with Crippen LogP contribution in [0.4, 0.5) is 40.7 Å². The van der Waals surface area contributed by atoms with Crippen LogP contribution in [0.2, 0.25) is 0 Å². The van der Waals surface area contributed by atoms with Gasteiger partial charge in [0.05, 0.1) is 29.9 Å². The number of anilines is 4. The molecule has 14 heteroatoms. The van der Waals surface area contributed by atoms with Gasteiger partial charge in [-0.25, -0.2) is 19.3 Å². The molecule has 1 atom stereocenters. The fourth-order valence-electron chi connectivity index (χ4n) is 5.50. The lowest BCUT2D eigenvalue weighted by Crippen LogP contribution is -2.36. The van der Waals surface area contributed by atoms with Crippen molar-refractivity contribution in [2.24, 2.45) is 5.92 Å². The summed E-state index contributed by atoms with van der Waals surface area (Å²) in [6.07, 6.45) is 0.501. The average molecular weight is 613 g/mol. The number of fused-ring (bicyclic) bond motifs is 1. The smallest absolute Gasteiger partial charge is 0.393 e. The Morgan fingerprint density at radius 2 is 1.77 bits per heavy atom. The van der Waals surface area contributed by atoms with Crippen LogP contribution in [0.25, 0.3) is 10.9 Å². The quantitative estimate of drug-likeness (QED) is 0.231. The number of likely N-dealkylation sites (tertiary alicyclic amines) is 1. The maximum absolute atomic E-state index is 15.3. The molecular weight excluding hydrogens is 580 g/mol. The topological polar surface area (TPSA) is 101 Å². The molecule has 44 heavy (non-hydrogen) atoms. The number of piperidine rings is 1. The van der Waals surface area contributed by atoms with Crippen LogP contribution in [0, 0.1) is 11.7 Å². The number of benzene rings is 2. The van der Waals surface area contributed by atoms with Gasteiger partial charge in [0.2, 0.25) is 11.8 Å². The number of halogens is 4. The number of nitrogens with zero attached hydrogens (tertiary/aromatic N) is 6. The van der Waals surface area contributed by atoms with E-state index >= 15 is 4.39 Å². The van der Waals surface area contributed by atoms with Gasteiger partial charge in [0.1, 0.15) is 29.5 Å². The highest BCUT2D eigenvalue weighted by Gasteiger charge is 2.44. The van der Waals surface area contributed by atoms with Gasteiger partial charge in [-0.15, -0.1) is 0 Å². The number of nitrogens with one attached hydrogen (secondary N) is 2. The second-order valence-corrected chi connectivity index (χ2v) is 11.1. The summed E-state index contributed by atoms with van der Waals surface area (Å²) in [5, 5.41) is 7.34. The van der Waals surface area contributed by atoms with Crippen molar-refractivity contribution in [2.45, 2.75) is 31.5 Å². The normalized spacial score (nSPS) is 18.0. The van der Waals surface area contributed by atoms with Crippen molar-refractivity contribution in [2.75, 3.05) is 55.9 Å². The SMILES string of the molecule is COc1cc2ncnc(Nc3ccc(Oc4ccnc(N5CCC(C(F)(F)F)C5)n4)cc3F)c2cc1NC1CCN(C)CC1. The summed E-state index contributed by atoms with van der Waals surface area (Å²) < 4.78 is 65.9. The molecule has 232 valence electrons. The van der Waals surface area contributed by atoms with Crippen molar-refractivity contribution in [1.82, 2.24) is 24.8 Å². The van der Waals surface area contributed by atoms with E-state index < -0.39 is 17.9 Å². The van der Waals surface area contributed by atoms with Crippen LogP contribution in [0.1, 0.15) is 19.3 Å². The summed E-state index contributed by atoms with van der Waals surface area (Å²) in [4.78, 5) is 20.8. The van der Waals surface area contributed by atoms with Crippen molar-refractivity contribution < 1.29 is 27.0 Å². The zero-order valence-electron chi connectivity index (χ0n) is 24.2. The molecule has 2 aromatic carbocycles. The Labute approximate surface area is 251 Å². The van der Waals surface area contributed by atoms with Crippen LogP contribution in [-0.4, -0.2) is 77.4 Å². The highest BCUT2D eigenvalue weighted by molar-refractivity contribution is 5.95. The van der Waals surface area contributed by atoms with Gasteiger partial charge in [-0.2, -0.15) is 18.2 Å². The molecule has 4 aromatic rings. The zero-order chi connectivity index (χ0) is 30.8. The maximum atomic E-state index is 15.3. The predicted molar refractivity (Wildman–Crippen MR) is 158 cm³/mol. The summed E-state index contributed by atoms with van der Waals surface area (Å²) >= 11 is 0. The summed E-state index contributed by atoms with van der Waals surface area (Å²) in [5.74, 6) is -0.577. The minimum Gasteiger partial charge on any atom is -0.495 e. The van der Waals surface area contributed by atoms with E-state index in [2.05, 4.69) is 42.5 Å². The van der Waals surface area contributed by atoms with Crippen LogP contribution in [0.15, 0.2) is 48.9 Å². The lowest BCUT2D eigenvalue weighted by molar-refractivity contribution is -0.168. The molecule has 2 aliphatic rings. The van der Waals surface area contributed by atoms with Crippen molar-refractivity contribution in [3.05, 3.63) is 54.7 Å². The second-order valence-electron chi connectivity index (χ2n) is 11.1. The number of alkyl halides is 3. The third kappa shape index (κ3) is 6.54. The van der Waals surface area contributed by atoms with Crippen LogP contribution in [-0.2, 0) is 0 Å². The number of hydrogen-bond acceptors (Lipinski definition) is 10. The van der Waals surface area contributed by atoms with Crippen molar-refractivity contribution in [3.8, 4) is 17.4 Å². The lowest BCUT2D eigenvalue weighted by atomic mass is 10.0. The third-order valence-electron chi connectivity index (χ3n) is 8.00. The molecule has 0 saturated carbocycles. The Morgan fingerprint density at radius 1 is 0.955 bits per heavy atom. The number of ether oxygens (including phenoxy) is 2. The second kappa shape index (κ2) is 12.3. The molecule has 0 radical (unpaired) electrons. The van der Waals surface area contributed by atoms with Gasteiger partial charge < -0.3 is 29.9 Å². The Hall–Kier alpha value is -4.46. The number of methoxy groups -OCH3 is 1. The first-order valence-electron chi connectivity index (χ1n) is 14.3. The van der Waals surface area contributed by atoms with Crippen LogP contribution >= 0.6 is 0 Å². The molecule has 0 aliphatic carbocycles. The van der Waals surface area contributed by atoms with E-state index in [1.54, 1.807) is 13.2 Å². The highest BCUT2D eigenvalue weighted by atomic mass is 19.4. The van der Waals surface area contributed by atoms with E-state index in [0.29, 0.717) is 28.5 Å². The first kappa shape index (κ1) is 29.6. The maximum Gasteiger partial charge on any atom is 0.393 e. The first-order chi connectivity index (χ1) is 21.2. The molecule has 0 bridgehead atoms. The molecule has 2 fully saturated rings. The molecule has 10 nitrogen and oxygen atoms in total. The van der Waals surface area contributed by atoms with Gasteiger partial charge in [0, 0.05) is 48.9 Å². The molecule has 0 amide bonds. The van der Waals surface area contributed by atoms with E-state index in [4.69, 9.17) is 9.47 Å². The van der Waals surface area contributed by atoms with Crippen LogP contribution in [0.5, 0.6) is 17.4 Å². The molecule has 2 N–H and O–H groups in total. The fourth-order valence-corrected chi connectivity index (χ4v) is 5.50. The fraction of sp³-hybridized carbons (Fsp3) is 0.400. The minimum absolute atomic E-state index is 0.0249. The molecule has 4 heterocycles. The van der Waals surface area contributed by atoms with E-state index in [0.717, 1.165) is 31.6 Å². The molecule has 2 saturated heterocycles. The van der Waals surface area contributed by atoms with Crippen molar-refractivity contribution in [1.29, 1.82) is 0 Å². The number of aromatic nitrogens is 4. The Morgan fingerprint density at radius 3 is 2.50 bits per heavy atom. The number of hydrogen-bond donors (Lipinski definition) is 2. The van der Waals surface area contributed by atoms with E-state index in [-0.39, 0.29) is 42.8 Å². The summed E-state index contributed by atoms with van der Waals surface area (Å²) in [5.41, 5.74) is 1.60. The van der Waals surface area contributed by atoms with Crippen LogP contribution < -0.4 is 25.0 Å². The van der Waals surface area contributed by atoms with Crippen molar-refractivity contribution in [3.63, 3.8) is 0 Å². The molecule has 2 aliphatic heterocycles. The standard InChI is InChI=1S/C30H32F4N8O2/c1-41-10-7-19(8-11-41)38-25-14-21-24(15-26(25)43-2)36-17-37-28(21)39-23-4-3-20(13-22(23)31)44-27-5-9-35-29(40-27)42-12-6-18(16-42)30(32,33)34/h3-5,9,13-15,17-19,38H,6-8,10-12,16H2,1-2H3,(H,36,37,39). The van der Waals surface area contributed by atoms with E-state index in [1.165, 1.54) is 35.6 Å². The molecule has 1 unspecified atom stereocenters. The highest BCUT2D eigenvalue weighted by Crippen LogP contribution is 2.37. The molecular formula is C30H32F4N8O2. The summed E-state index contributed by atoms with van der Waals surface area (Å²) in [7, 11) is 3.72. The monoisotopic (exact) mass is 612 g/mol. The lowest BCUT2D eigenvalue weighted by Gasteiger charge is -2.30. The molecule has 0 spiro atoms. The zero-order valence-corrected chi connectivity index (χ0v) is 24.2. The van der Waals surface area contributed by atoms with Gasteiger partial charge >= 0.3 is 6.18 Å². The third-order valence-corrected chi connectivity index (χ3v) is 8.00. The Bertz CT molecular complexity index is 1630. The average Bonchev–Trinajstić information content (AvgIpc) is 3.51. The summed E-state index contributed by atoms with van der Waals surface area (Å²) in [6.45, 7) is 1.97. The minimum atomic E-state index is -4.27. The van der Waals surface area contributed by atoms with Gasteiger partial charge in [-0.3, -0.25) is 0 Å². The van der Waals surface area contributed by atoms with Gasteiger partial charge in [0.25, 0.3) is 0 Å². The molecule has 6 rings (SSSR count). The summed E-state index contributed by atoms with van der Waals surface area (Å²) in [6, 6.07) is 9.75. The largest absolute Gasteiger partial charge is 0.495 e. The van der Waals surface area contributed by atoms with Gasteiger partial charge in [-0.1, -0.05) is 0 Å². The van der Waals surface area contributed by atoms with Crippen LogP contribution in [0.3, 0.4) is 0 Å². The Kier molecular flexibility index (Phi) is 8.25. The van der Waals surface area contributed by atoms with E-state index in [1.807, 2.05) is 12.1 Å². The predicted octanol–water partition coefficient (Wildman–Crippen LogP) is 6.00. The van der Waals surface area contributed by atoms with Gasteiger partial charge in [0.15, 0.2) is 0 Å². The van der Waals surface area contributed by atoms with E-state index in [9.17, 15) is 13.2 Å². The number of rotatable bonds is 8. The van der Waals surface area contributed by atoms with Crippen molar-refractivity contribution >= 4 is 34.0 Å². The van der Waals surface area contributed by atoms with Gasteiger partial charge in [-0.05, 0) is 57.6 Å². The molecule has 2 aromatic heterocycles.